The van der Waals surface area contributed by atoms with Crippen molar-refractivity contribution in [3.63, 3.8) is 0 Å². The van der Waals surface area contributed by atoms with Crippen molar-refractivity contribution in [1.29, 1.82) is 0 Å². The van der Waals surface area contributed by atoms with Crippen LogP contribution in [-0.4, -0.2) is 41.6 Å². The molecule has 6 heteroatoms. The van der Waals surface area contributed by atoms with Gasteiger partial charge in [0.05, 0.1) is 24.9 Å². The van der Waals surface area contributed by atoms with Crippen LogP contribution in [0.2, 0.25) is 0 Å². The number of nitrogens with zero attached hydrogens (tertiary/aromatic N) is 1. The quantitative estimate of drug-likeness (QED) is 0.634. The molecule has 1 amide bonds. The molecule has 1 aliphatic heterocycles. The smallest absolute Gasteiger partial charge is 0.340 e. The molecule has 0 radical (unpaired) electrons. The molecule has 144 valence electrons. The number of esters is 1. The number of phenols is 1. The summed E-state index contributed by atoms with van der Waals surface area (Å²) in [5, 5.41) is 9.88. The highest BCUT2D eigenvalue weighted by atomic mass is 16.5. The van der Waals surface area contributed by atoms with E-state index in [0.29, 0.717) is 34.8 Å². The maximum absolute atomic E-state index is 13.1. The number of hydrogen-bond donors (Lipinski definition) is 1. The Morgan fingerprint density at radius 1 is 1.33 bits per heavy atom. The van der Waals surface area contributed by atoms with Gasteiger partial charge in [0.2, 0.25) is 0 Å². The van der Waals surface area contributed by atoms with E-state index in [0.717, 1.165) is 25.7 Å². The van der Waals surface area contributed by atoms with Gasteiger partial charge in [-0.2, -0.15) is 0 Å². The van der Waals surface area contributed by atoms with E-state index in [4.69, 9.17) is 9.47 Å². The Morgan fingerprint density at radius 2 is 2.04 bits per heavy atom. The van der Waals surface area contributed by atoms with Gasteiger partial charge in [-0.15, -0.1) is 0 Å². The van der Waals surface area contributed by atoms with E-state index in [2.05, 4.69) is 0 Å². The molecule has 0 unspecified atom stereocenters. The third kappa shape index (κ3) is 3.56. The Morgan fingerprint density at radius 3 is 2.67 bits per heavy atom. The first-order valence-corrected chi connectivity index (χ1v) is 9.28. The first-order valence-electron chi connectivity index (χ1n) is 9.28. The number of amides is 1. The largest absolute Gasteiger partial charge is 0.504 e. The summed E-state index contributed by atoms with van der Waals surface area (Å²) in [7, 11) is 1.32. The van der Waals surface area contributed by atoms with Gasteiger partial charge in [-0.1, -0.05) is 18.9 Å². The number of benzene rings is 1. The van der Waals surface area contributed by atoms with Crippen LogP contribution in [0.4, 0.5) is 0 Å². The van der Waals surface area contributed by atoms with Crippen LogP contribution < -0.4 is 4.74 Å². The summed E-state index contributed by atoms with van der Waals surface area (Å²) < 4.78 is 10.3. The van der Waals surface area contributed by atoms with Crippen LogP contribution in [0.15, 0.2) is 35.0 Å². The van der Waals surface area contributed by atoms with Gasteiger partial charge in [-0.25, -0.2) is 4.79 Å². The molecule has 0 spiro atoms. The van der Waals surface area contributed by atoms with Crippen molar-refractivity contribution in [3.05, 3.63) is 40.6 Å². The minimum absolute atomic E-state index is 0.0317. The third-order valence-electron chi connectivity index (χ3n) is 5.12. The third-order valence-corrected chi connectivity index (χ3v) is 5.12. The van der Waals surface area contributed by atoms with Gasteiger partial charge in [0.1, 0.15) is 0 Å². The molecule has 0 atom stereocenters. The molecule has 1 aromatic carbocycles. The van der Waals surface area contributed by atoms with E-state index < -0.39 is 5.97 Å². The number of ether oxygens (including phenoxy) is 2. The molecule has 1 heterocycles. The van der Waals surface area contributed by atoms with E-state index in [1.165, 1.54) is 13.2 Å². The lowest BCUT2D eigenvalue weighted by Crippen LogP contribution is -2.34. The minimum Gasteiger partial charge on any atom is -0.504 e. The van der Waals surface area contributed by atoms with Crippen LogP contribution in [0.25, 0.3) is 6.08 Å². The molecule has 2 aliphatic rings. The molecule has 6 nitrogen and oxygen atoms in total. The maximum atomic E-state index is 13.1. The first kappa shape index (κ1) is 19.0. The SMILES string of the molecule is CCOc1cc(C=C2C(=O)N(C3CCCC3)C(C)=C2C(=O)OC)ccc1O. The number of methoxy groups -OCH3 is 1. The number of carbonyl (C=O) groups is 2. The van der Waals surface area contributed by atoms with Crippen LogP contribution in [0.5, 0.6) is 11.5 Å². The predicted molar refractivity (Wildman–Crippen MR) is 101 cm³/mol. The Hall–Kier alpha value is -2.76. The number of hydrogen-bond acceptors (Lipinski definition) is 5. The Labute approximate surface area is 159 Å². The monoisotopic (exact) mass is 371 g/mol. The summed E-state index contributed by atoms with van der Waals surface area (Å²) in [6.07, 6.45) is 5.72. The average Bonchev–Trinajstić information content (AvgIpc) is 3.25. The van der Waals surface area contributed by atoms with Gasteiger partial charge < -0.3 is 19.5 Å². The first-order chi connectivity index (χ1) is 13.0. The minimum atomic E-state index is -0.517. The lowest BCUT2D eigenvalue weighted by molar-refractivity contribution is -0.136. The van der Waals surface area contributed by atoms with Gasteiger partial charge in [0, 0.05) is 11.7 Å². The van der Waals surface area contributed by atoms with Crippen molar-refractivity contribution in [3.8, 4) is 11.5 Å². The van der Waals surface area contributed by atoms with Crippen LogP contribution in [0.1, 0.15) is 45.1 Å². The molecule has 1 aliphatic carbocycles. The fourth-order valence-corrected chi connectivity index (χ4v) is 3.86. The molecule has 0 saturated heterocycles. The summed E-state index contributed by atoms with van der Waals surface area (Å²) in [5.74, 6) is -0.322. The highest BCUT2D eigenvalue weighted by molar-refractivity contribution is 6.16. The second-order valence-corrected chi connectivity index (χ2v) is 6.78. The zero-order valence-electron chi connectivity index (χ0n) is 15.9. The highest BCUT2D eigenvalue weighted by Gasteiger charge is 2.41. The fraction of sp³-hybridized carbons (Fsp3) is 0.429. The summed E-state index contributed by atoms with van der Waals surface area (Å²) in [6.45, 7) is 4.03. The molecular formula is C21H25NO5. The van der Waals surface area contributed by atoms with Crippen molar-refractivity contribution >= 4 is 18.0 Å². The molecule has 1 fully saturated rings. The number of carbonyl (C=O) groups excluding carboxylic acids is 2. The van der Waals surface area contributed by atoms with Crippen LogP contribution in [-0.2, 0) is 14.3 Å². The molecule has 1 N–H and O–H groups in total. The van der Waals surface area contributed by atoms with Crippen LogP contribution in [0.3, 0.4) is 0 Å². The summed E-state index contributed by atoms with van der Waals surface area (Å²) in [4.78, 5) is 27.3. The van der Waals surface area contributed by atoms with Gasteiger partial charge in [0.15, 0.2) is 11.5 Å². The molecular weight excluding hydrogens is 346 g/mol. The van der Waals surface area contributed by atoms with Crippen molar-refractivity contribution in [2.75, 3.05) is 13.7 Å². The van der Waals surface area contributed by atoms with Gasteiger partial charge in [-0.05, 0) is 50.5 Å². The Balaban J connectivity index is 2.04. The van der Waals surface area contributed by atoms with E-state index in [9.17, 15) is 14.7 Å². The summed E-state index contributed by atoms with van der Waals surface area (Å²) >= 11 is 0. The van der Waals surface area contributed by atoms with Crippen LogP contribution in [0, 0.1) is 0 Å². The normalized spacial score (nSPS) is 19.3. The van der Waals surface area contributed by atoms with Gasteiger partial charge >= 0.3 is 5.97 Å². The number of rotatable bonds is 5. The molecule has 3 rings (SSSR count). The van der Waals surface area contributed by atoms with Gasteiger partial charge in [0.25, 0.3) is 5.91 Å². The molecule has 1 aromatic rings. The topological polar surface area (TPSA) is 76.1 Å². The zero-order chi connectivity index (χ0) is 19.6. The molecule has 0 bridgehead atoms. The van der Waals surface area contributed by atoms with Crippen molar-refractivity contribution in [2.24, 2.45) is 0 Å². The number of phenolic OH excluding ortho intramolecular Hbond substituents is 1. The second kappa shape index (κ2) is 7.86. The summed E-state index contributed by atoms with van der Waals surface area (Å²) in [5.41, 5.74) is 1.94. The van der Waals surface area contributed by atoms with E-state index in [1.807, 2.05) is 6.92 Å². The second-order valence-electron chi connectivity index (χ2n) is 6.78. The number of aromatic hydroxyl groups is 1. The fourth-order valence-electron chi connectivity index (χ4n) is 3.86. The van der Waals surface area contributed by atoms with Crippen molar-refractivity contribution in [1.82, 2.24) is 4.90 Å². The number of allylic oxidation sites excluding steroid dienone is 1. The van der Waals surface area contributed by atoms with Crippen LogP contribution >= 0.6 is 0 Å². The Kier molecular flexibility index (Phi) is 5.54. The standard InChI is InChI=1S/C21H25NO5/c1-4-27-18-12-14(9-10-17(18)23)11-16-19(21(25)26-3)13(2)22(20(16)24)15-7-5-6-8-15/h9-12,15,23H,4-8H2,1-3H3. The van der Waals surface area contributed by atoms with E-state index >= 15 is 0 Å². The molecule has 0 aromatic heterocycles. The van der Waals surface area contributed by atoms with Crippen molar-refractivity contribution in [2.45, 2.75) is 45.6 Å². The zero-order valence-corrected chi connectivity index (χ0v) is 15.9. The highest BCUT2D eigenvalue weighted by Crippen LogP contribution is 2.38. The van der Waals surface area contributed by atoms with E-state index in [1.54, 1.807) is 30.0 Å². The molecule has 27 heavy (non-hydrogen) atoms. The van der Waals surface area contributed by atoms with Gasteiger partial charge in [-0.3, -0.25) is 4.79 Å². The molecule has 1 saturated carbocycles. The Bertz CT molecular complexity index is 818. The lowest BCUT2D eigenvalue weighted by atomic mass is 10.0. The average molecular weight is 371 g/mol. The predicted octanol–water partition coefficient (Wildman–Crippen LogP) is 3.41. The summed E-state index contributed by atoms with van der Waals surface area (Å²) in [6, 6.07) is 4.98. The maximum Gasteiger partial charge on any atom is 0.340 e. The van der Waals surface area contributed by atoms with E-state index in [-0.39, 0.29) is 17.7 Å². The van der Waals surface area contributed by atoms with Crippen molar-refractivity contribution < 1.29 is 24.2 Å². The lowest BCUT2D eigenvalue weighted by Gasteiger charge is -2.25.